The molecule has 0 heterocycles. The smallest absolute Gasteiger partial charge is 0.330 e. The molecule has 2 rings (SSSR count). The number of hydrogen-bond donors (Lipinski definition) is 0. The van der Waals surface area contributed by atoms with Crippen LogP contribution in [0.25, 0.3) is 0 Å². The van der Waals surface area contributed by atoms with E-state index in [9.17, 15) is 14.0 Å². The first-order chi connectivity index (χ1) is 11.0. The fraction of sp³-hybridized carbons (Fsp3) is 0.412. The van der Waals surface area contributed by atoms with Crippen LogP contribution in [0.5, 0.6) is 5.75 Å². The van der Waals surface area contributed by atoms with Gasteiger partial charge in [0.05, 0.1) is 10.9 Å². The molecular weight excluding hydrogens is 323 g/mol. The van der Waals surface area contributed by atoms with Crippen LogP contribution >= 0.6 is 11.6 Å². The zero-order valence-corrected chi connectivity index (χ0v) is 13.5. The number of rotatable bonds is 4. The predicted octanol–water partition coefficient (Wildman–Crippen LogP) is 4.06. The molecule has 1 aliphatic carbocycles. The van der Waals surface area contributed by atoms with Crippen LogP contribution in [0.15, 0.2) is 30.4 Å². The van der Waals surface area contributed by atoms with E-state index in [4.69, 9.17) is 21.1 Å². The van der Waals surface area contributed by atoms with Crippen molar-refractivity contribution in [2.45, 2.75) is 38.7 Å². The number of carbonyl (C=O) groups excluding carboxylic acids is 2. The average Bonchev–Trinajstić information content (AvgIpc) is 2.52. The first-order valence-corrected chi connectivity index (χ1v) is 7.87. The lowest BCUT2D eigenvalue weighted by molar-refractivity contribution is -0.147. The Hall–Kier alpha value is -1.88. The number of halogens is 2. The van der Waals surface area contributed by atoms with E-state index in [-0.39, 0.29) is 28.8 Å². The van der Waals surface area contributed by atoms with Gasteiger partial charge in [-0.25, -0.2) is 9.18 Å². The van der Waals surface area contributed by atoms with Gasteiger partial charge in [0.1, 0.15) is 17.7 Å². The van der Waals surface area contributed by atoms with Gasteiger partial charge in [-0.15, -0.1) is 0 Å². The van der Waals surface area contributed by atoms with Gasteiger partial charge in [-0.05, 0) is 44.7 Å². The Morgan fingerprint density at radius 2 is 1.96 bits per heavy atom. The monoisotopic (exact) mass is 340 g/mol. The van der Waals surface area contributed by atoms with E-state index >= 15 is 0 Å². The summed E-state index contributed by atoms with van der Waals surface area (Å²) in [4.78, 5) is 23.5. The van der Waals surface area contributed by atoms with Gasteiger partial charge in [0, 0.05) is 12.1 Å². The number of ether oxygens (including phenoxy) is 2. The summed E-state index contributed by atoms with van der Waals surface area (Å²) in [7, 11) is 0. The Bertz CT molecular complexity index is 607. The summed E-state index contributed by atoms with van der Waals surface area (Å²) in [6, 6.07) is 3.88. The molecule has 1 saturated carbocycles. The van der Waals surface area contributed by atoms with Crippen molar-refractivity contribution in [2.24, 2.45) is 5.92 Å². The molecule has 23 heavy (non-hydrogen) atoms. The molecule has 0 aromatic heterocycles. The molecule has 0 atom stereocenters. The van der Waals surface area contributed by atoms with Gasteiger partial charge in [-0.1, -0.05) is 17.7 Å². The van der Waals surface area contributed by atoms with Crippen molar-refractivity contribution in [3.63, 3.8) is 0 Å². The van der Waals surface area contributed by atoms with E-state index in [0.29, 0.717) is 25.7 Å². The van der Waals surface area contributed by atoms with Crippen LogP contribution < -0.4 is 4.74 Å². The highest BCUT2D eigenvalue weighted by atomic mass is 35.5. The third-order valence-electron chi connectivity index (χ3n) is 3.70. The maximum absolute atomic E-state index is 13.3. The maximum Gasteiger partial charge on any atom is 0.330 e. The van der Waals surface area contributed by atoms with Gasteiger partial charge in [0.15, 0.2) is 0 Å². The second kappa shape index (κ2) is 8.11. The molecular formula is C17H18ClFO4. The van der Waals surface area contributed by atoms with Crippen LogP contribution in [0.2, 0.25) is 5.02 Å². The van der Waals surface area contributed by atoms with Gasteiger partial charge < -0.3 is 9.47 Å². The summed E-state index contributed by atoms with van der Waals surface area (Å²) in [6.07, 6.45) is 5.18. The lowest BCUT2D eigenvalue weighted by Crippen LogP contribution is -2.29. The molecule has 0 amide bonds. The van der Waals surface area contributed by atoms with Gasteiger partial charge in [0.2, 0.25) is 0 Å². The average molecular weight is 341 g/mol. The Balaban J connectivity index is 1.83. The van der Waals surface area contributed by atoms with Crippen molar-refractivity contribution in [1.29, 1.82) is 0 Å². The van der Waals surface area contributed by atoms with Crippen molar-refractivity contribution in [3.05, 3.63) is 41.2 Å². The molecule has 1 aromatic rings. The first-order valence-electron chi connectivity index (χ1n) is 7.49. The lowest BCUT2D eigenvalue weighted by Gasteiger charge is -2.26. The van der Waals surface area contributed by atoms with E-state index in [1.165, 1.54) is 18.2 Å². The Labute approximate surface area is 139 Å². The highest BCUT2D eigenvalue weighted by Gasteiger charge is 2.29. The normalized spacial score (nSPS) is 21.2. The van der Waals surface area contributed by atoms with Crippen molar-refractivity contribution in [1.82, 2.24) is 0 Å². The third kappa shape index (κ3) is 5.06. The number of hydrogen-bond acceptors (Lipinski definition) is 4. The van der Waals surface area contributed by atoms with Gasteiger partial charge in [-0.2, -0.15) is 0 Å². The fourth-order valence-corrected chi connectivity index (χ4v) is 2.61. The zero-order valence-electron chi connectivity index (χ0n) is 12.8. The summed E-state index contributed by atoms with van der Waals surface area (Å²) < 4.78 is 23.8. The molecule has 0 radical (unpaired) electrons. The second-order valence-corrected chi connectivity index (χ2v) is 5.81. The SMILES string of the molecule is C/C=C/C(=O)O[C@H]1CC[C@H](C(=O)Oc2ccc(Cl)c(F)c2)CC1. The molecule has 124 valence electrons. The van der Waals surface area contributed by atoms with Gasteiger partial charge in [-0.3, -0.25) is 4.79 Å². The molecule has 0 spiro atoms. The fourth-order valence-electron chi connectivity index (χ4n) is 2.50. The van der Waals surface area contributed by atoms with Crippen LogP contribution in [0.1, 0.15) is 32.6 Å². The minimum Gasteiger partial charge on any atom is -0.459 e. The van der Waals surface area contributed by atoms with Crippen molar-refractivity contribution >= 4 is 23.5 Å². The van der Waals surface area contributed by atoms with Crippen LogP contribution in [-0.2, 0) is 14.3 Å². The lowest BCUT2D eigenvalue weighted by atomic mass is 9.87. The van der Waals surface area contributed by atoms with E-state index in [0.717, 1.165) is 6.07 Å². The quantitative estimate of drug-likeness (QED) is 0.471. The highest BCUT2D eigenvalue weighted by molar-refractivity contribution is 6.30. The number of allylic oxidation sites excluding steroid dienone is 1. The van der Waals surface area contributed by atoms with E-state index in [1.54, 1.807) is 13.0 Å². The van der Waals surface area contributed by atoms with Gasteiger partial charge in [0.25, 0.3) is 0 Å². The standard InChI is InChI=1S/C17H18ClFO4/c1-2-3-16(20)22-12-6-4-11(5-7-12)17(21)23-13-8-9-14(18)15(19)10-13/h2-3,8-12H,4-7H2,1H3/b3-2+/t11-,12-. The topological polar surface area (TPSA) is 52.6 Å². The third-order valence-corrected chi connectivity index (χ3v) is 4.01. The Kier molecular flexibility index (Phi) is 6.16. The highest BCUT2D eigenvalue weighted by Crippen LogP contribution is 2.28. The van der Waals surface area contributed by atoms with Crippen LogP contribution in [0, 0.1) is 11.7 Å². The Morgan fingerprint density at radius 1 is 1.26 bits per heavy atom. The number of carbonyl (C=O) groups is 2. The predicted molar refractivity (Wildman–Crippen MR) is 83.7 cm³/mol. The molecule has 0 aliphatic heterocycles. The molecule has 0 unspecified atom stereocenters. The maximum atomic E-state index is 13.3. The van der Waals surface area contributed by atoms with Crippen molar-refractivity contribution in [2.75, 3.05) is 0 Å². The van der Waals surface area contributed by atoms with Crippen LogP contribution in [0.4, 0.5) is 4.39 Å². The number of benzene rings is 1. The van der Waals surface area contributed by atoms with Gasteiger partial charge >= 0.3 is 11.9 Å². The zero-order chi connectivity index (χ0) is 16.8. The molecule has 0 bridgehead atoms. The largest absolute Gasteiger partial charge is 0.459 e. The molecule has 6 heteroatoms. The summed E-state index contributed by atoms with van der Waals surface area (Å²) in [5.41, 5.74) is 0. The number of esters is 2. The molecule has 1 aliphatic rings. The summed E-state index contributed by atoms with van der Waals surface area (Å²) >= 11 is 5.58. The van der Waals surface area contributed by atoms with Crippen molar-refractivity contribution < 1.29 is 23.5 Å². The van der Waals surface area contributed by atoms with Crippen LogP contribution in [-0.4, -0.2) is 18.0 Å². The van der Waals surface area contributed by atoms with Crippen molar-refractivity contribution in [3.8, 4) is 5.75 Å². The Morgan fingerprint density at radius 3 is 2.57 bits per heavy atom. The van der Waals surface area contributed by atoms with E-state index in [1.807, 2.05) is 0 Å². The molecule has 1 fully saturated rings. The molecule has 0 saturated heterocycles. The molecule has 0 N–H and O–H groups in total. The van der Waals surface area contributed by atoms with E-state index < -0.39 is 11.8 Å². The minimum absolute atomic E-state index is 0.0201. The summed E-state index contributed by atoms with van der Waals surface area (Å²) in [6.45, 7) is 1.74. The second-order valence-electron chi connectivity index (χ2n) is 5.41. The summed E-state index contributed by atoms with van der Waals surface area (Å²) in [5.74, 6) is -1.53. The molecule has 1 aromatic carbocycles. The van der Waals surface area contributed by atoms with Crippen LogP contribution in [0.3, 0.4) is 0 Å². The first kappa shape index (κ1) is 17.5. The molecule has 4 nitrogen and oxygen atoms in total. The van der Waals surface area contributed by atoms with E-state index in [2.05, 4.69) is 0 Å². The summed E-state index contributed by atoms with van der Waals surface area (Å²) in [5, 5.41) is -0.0201. The minimum atomic E-state index is -0.628.